The van der Waals surface area contributed by atoms with E-state index in [1.54, 1.807) is 12.1 Å². The molecule has 1 aliphatic heterocycles. The Balaban J connectivity index is 0.946. The van der Waals surface area contributed by atoms with Crippen molar-refractivity contribution in [1.82, 2.24) is 0 Å². The van der Waals surface area contributed by atoms with E-state index in [0.29, 0.717) is 10.7 Å². The van der Waals surface area contributed by atoms with Gasteiger partial charge in [0.15, 0.2) is 12.4 Å². The van der Waals surface area contributed by atoms with E-state index < -0.39 is 24.3 Å². The van der Waals surface area contributed by atoms with Crippen molar-refractivity contribution >= 4 is 58.4 Å². The van der Waals surface area contributed by atoms with E-state index in [9.17, 15) is 24.0 Å². The normalized spacial score (nSPS) is 22.7. The number of esters is 2. The highest BCUT2D eigenvalue weighted by Crippen LogP contribution is 2.61. The monoisotopic (exact) mass is 667 g/mol. The third-order valence-electron chi connectivity index (χ3n) is 9.48. The number of Topliss-reactive ketones (excluding diaryl/α,β-unsaturated/α-hetero) is 1. The lowest BCUT2D eigenvalue weighted by atomic mass is 9.73. The average Bonchev–Trinajstić information content (AvgIpc) is 3.75. The van der Waals surface area contributed by atoms with Crippen molar-refractivity contribution in [3.05, 3.63) is 129 Å². The summed E-state index contributed by atoms with van der Waals surface area (Å²) in [5, 5.41) is 0.531. The summed E-state index contributed by atoms with van der Waals surface area (Å²) in [5.74, 6) is -2.06. The summed E-state index contributed by atoms with van der Waals surface area (Å²) in [6.45, 7) is -0.516. The molecule has 5 atom stereocenters. The van der Waals surface area contributed by atoms with Crippen molar-refractivity contribution in [2.45, 2.75) is 18.8 Å². The average molecular weight is 669 g/mol. The van der Waals surface area contributed by atoms with Crippen molar-refractivity contribution in [3.8, 4) is 5.75 Å². The largest absolute Gasteiger partial charge is 0.454 e. The van der Waals surface area contributed by atoms with E-state index in [2.05, 4.69) is 12.1 Å². The molecule has 2 saturated carbocycles. The Morgan fingerprint density at radius 3 is 2.13 bits per heavy atom. The van der Waals surface area contributed by atoms with Crippen molar-refractivity contribution in [2.24, 2.45) is 23.7 Å². The summed E-state index contributed by atoms with van der Waals surface area (Å²) in [6, 6.07) is 26.5. The number of hydrogen-bond acceptors (Lipinski definition) is 7. The highest BCUT2D eigenvalue weighted by Gasteiger charge is 2.64. The standard InChI is InChI=1S/C37H27Cl2NO7/c38-24-10-15-27(30(39)18-24)37(45)47-26-13-8-21(9-14-26)31(41)19-46-36(44)22-6-11-25(12-7-22)40-34(42)32-23-16-28(20-4-2-1-3-5-20)29(17-23)33(32)35(40)43/h1-15,18,23,28-29,32-33H,16-17,19H2/t23-,28-,29+,32+,33+/m0/s1. The van der Waals surface area contributed by atoms with Crippen LogP contribution in [0.5, 0.6) is 5.75 Å². The van der Waals surface area contributed by atoms with E-state index in [4.69, 9.17) is 32.7 Å². The molecule has 1 saturated heterocycles. The summed E-state index contributed by atoms with van der Waals surface area (Å²) in [6.07, 6.45) is 1.80. The second-order valence-electron chi connectivity index (χ2n) is 12.1. The minimum atomic E-state index is -0.727. The SMILES string of the molecule is O=C(COC(=O)c1ccc(N2C(=O)[C@@H]3[C@@H]4C[C@@H]([C@H]3C2=O)[C@H](c2ccccc2)C4)cc1)c1ccc(OC(=O)c2ccc(Cl)cc2Cl)cc1. The molecule has 47 heavy (non-hydrogen) atoms. The van der Waals surface area contributed by atoms with Crippen LogP contribution in [0.3, 0.4) is 0 Å². The van der Waals surface area contributed by atoms with Gasteiger partial charge in [-0.3, -0.25) is 19.3 Å². The molecule has 0 aromatic heterocycles. The maximum atomic E-state index is 13.6. The summed E-state index contributed by atoms with van der Waals surface area (Å²) < 4.78 is 10.6. The van der Waals surface area contributed by atoms with Gasteiger partial charge < -0.3 is 9.47 Å². The number of carbonyl (C=O) groups is 5. The van der Waals surface area contributed by atoms with Gasteiger partial charge in [0.2, 0.25) is 11.8 Å². The molecule has 2 amide bonds. The molecule has 236 valence electrons. The zero-order valence-corrected chi connectivity index (χ0v) is 26.3. The molecule has 1 heterocycles. The number of halogens is 2. The van der Waals surface area contributed by atoms with Gasteiger partial charge in [-0.15, -0.1) is 0 Å². The number of ether oxygens (including phenoxy) is 2. The Morgan fingerprint density at radius 2 is 1.43 bits per heavy atom. The first-order valence-electron chi connectivity index (χ1n) is 15.2. The number of amides is 2. The van der Waals surface area contributed by atoms with Crippen LogP contribution in [0.25, 0.3) is 0 Å². The van der Waals surface area contributed by atoms with Crippen LogP contribution in [0.1, 0.15) is 55.4 Å². The number of benzene rings is 4. The summed E-state index contributed by atoms with van der Waals surface area (Å²) >= 11 is 11.9. The van der Waals surface area contributed by atoms with E-state index in [1.165, 1.54) is 65.1 Å². The van der Waals surface area contributed by atoms with Gasteiger partial charge in [-0.2, -0.15) is 0 Å². The Hall–Kier alpha value is -4.79. The van der Waals surface area contributed by atoms with Crippen LogP contribution in [-0.2, 0) is 14.3 Å². The molecule has 0 spiro atoms. The fraction of sp³-hybridized carbons (Fsp3) is 0.216. The zero-order chi connectivity index (χ0) is 32.8. The van der Waals surface area contributed by atoms with Gasteiger partial charge in [0.1, 0.15) is 5.75 Å². The van der Waals surface area contributed by atoms with Crippen molar-refractivity contribution in [3.63, 3.8) is 0 Å². The first-order valence-corrected chi connectivity index (χ1v) is 16.0. The number of nitrogens with zero attached hydrogens (tertiary/aromatic N) is 1. The van der Waals surface area contributed by atoms with Crippen LogP contribution < -0.4 is 9.64 Å². The van der Waals surface area contributed by atoms with Crippen molar-refractivity contribution in [2.75, 3.05) is 11.5 Å². The number of carbonyl (C=O) groups excluding carboxylic acids is 5. The maximum Gasteiger partial charge on any atom is 0.345 e. The fourth-order valence-corrected chi connectivity index (χ4v) is 7.85. The molecule has 8 nitrogen and oxygen atoms in total. The number of rotatable bonds is 8. The lowest BCUT2D eigenvalue weighted by Crippen LogP contribution is -2.33. The number of imide groups is 1. The van der Waals surface area contributed by atoms with Crippen LogP contribution in [0.2, 0.25) is 10.0 Å². The summed E-state index contributed by atoms with van der Waals surface area (Å²) in [4.78, 5) is 66.2. The molecule has 10 heteroatoms. The van der Waals surface area contributed by atoms with Crippen LogP contribution in [0.15, 0.2) is 97.1 Å². The minimum absolute atomic E-state index is 0.139. The Labute approximate surface area is 280 Å². The maximum absolute atomic E-state index is 13.6. The number of hydrogen-bond donors (Lipinski definition) is 0. The Morgan fingerprint density at radius 1 is 0.745 bits per heavy atom. The predicted octanol–water partition coefficient (Wildman–Crippen LogP) is 7.18. The van der Waals surface area contributed by atoms with Gasteiger partial charge in [-0.1, -0.05) is 53.5 Å². The van der Waals surface area contributed by atoms with Gasteiger partial charge in [-0.05, 0) is 103 Å². The van der Waals surface area contributed by atoms with Crippen LogP contribution in [0.4, 0.5) is 5.69 Å². The highest BCUT2D eigenvalue weighted by molar-refractivity contribution is 6.36. The molecule has 3 fully saturated rings. The summed E-state index contributed by atoms with van der Waals surface area (Å²) in [5.41, 5.74) is 2.20. The topological polar surface area (TPSA) is 107 Å². The Bertz CT molecular complexity index is 1910. The molecule has 4 aromatic carbocycles. The summed E-state index contributed by atoms with van der Waals surface area (Å²) in [7, 11) is 0. The minimum Gasteiger partial charge on any atom is -0.454 e. The van der Waals surface area contributed by atoms with E-state index >= 15 is 0 Å². The smallest absolute Gasteiger partial charge is 0.345 e. The van der Waals surface area contributed by atoms with Gasteiger partial charge >= 0.3 is 11.9 Å². The van der Waals surface area contributed by atoms with Crippen molar-refractivity contribution < 1.29 is 33.4 Å². The third-order valence-corrected chi connectivity index (χ3v) is 10.0. The van der Waals surface area contributed by atoms with Gasteiger partial charge in [-0.25, -0.2) is 9.59 Å². The quantitative estimate of drug-likeness (QED) is 0.0848. The predicted molar refractivity (Wildman–Crippen MR) is 174 cm³/mol. The highest BCUT2D eigenvalue weighted by atomic mass is 35.5. The van der Waals surface area contributed by atoms with Crippen LogP contribution >= 0.6 is 23.2 Å². The molecule has 7 rings (SSSR count). The molecular weight excluding hydrogens is 641 g/mol. The third kappa shape index (κ3) is 5.72. The van der Waals surface area contributed by atoms with Crippen molar-refractivity contribution in [1.29, 1.82) is 0 Å². The van der Waals surface area contributed by atoms with E-state index in [0.717, 1.165) is 12.8 Å². The fourth-order valence-electron chi connectivity index (χ4n) is 7.37. The van der Waals surface area contributed by atoms with Gasteiger partial charge in [0.25, 0.3) is 0 Å². The number of anilines is 1. The van der Waals surface area contributed by atoms with Crippen LogP contribution in [-0.4, -0.2) is 36.1 Å². The zero-order valence-electron chi connectivity index (χ0n) is 24.8. The van der Waals surface area contributed by atoms with Gasteiger partial charge in [0.05, 0.1) is 33.7 Å². The van der Waals surface area contributed by atoms with Crippen LogP contribution in [0, 0.1) is 23.7 Å². The molecule has 2 bridgehead atoms. The first kappa shape index (κ1) is 30.8. The van der Waals surface area contributed by atoms with E-state index in [1.807, 2.05) is 18.2 Å². The molecule has 3 aliphatic rings. The molecule has 0 N–H and O–H groups in total. The lowest BCUT2D eigenvalue weighted by Gasteiger charge is -2.28. The van der Waals surface area contributed by atoms with Gasteiger partial charge in [0, 0.05) is 10.6 Å². The van der Waals surface area contributed by atoms with E-state index in [-0.39, 0.29) is 68.9 Å². The number of fused-ring (bicyclic) bond motifs is 5. The molecule has 0 unspecified atom stereocenters. The molecule has 4 aromatic rings. The second kappa shape index (κ2) is 12.4. The lowest BCUT2D eigenvalue weighted by molar-refractivity contribution is -0.123. The Kier molecular flexibility index (Phi) is 8.16. The first-order chi connectivity index (χ1) is 22.7. The molecule has 2 aliphatic carbocycles. The molecule has 0 radical (unpaired) electrons. The number of ketones is 1. The molecular formula is C37H27Cl2NO7. The second-order valence-corrected chi connectivity index (χ2v) is 12.9.